The van der Waals surface area contributed by atoms with Gasteiger partial charge in [-0.25, -0.2) is 4.68 Å². The van der Waals surface area contributed by atoms with Gasteiger partial charge in [0, 0.05) is 0 Å². The van der Waals surface area contributed by atoms with Crippen LogP contribution in [0.25, 0.3) is 17.1 Å². The Labute approximate surface area is 163 Å². The second-order valence-electron chi connectivity index (χ2n) is 7.54. The third-order valence-corrected chi connectivity index (χ3v) is 5.36. The monoisotopic (exact) mass is 361 g/mol. The second kappa shape index (κ2) is 8.98. The number of fused-ring (bicyclic) bond motifs is 1. The van der Waals surface area contributed by atoms with Gasteiger partial charge in [-0.05, 0) is 37.5 Å². The van der Waals surface area contributed by atoms with Gasteiger partial charge in [0.15, 0.2) is 0 Å². The van der Waals surface area contributed by atoms with Gasteiger partial charge in [0.2, 0.25) is 0 Å². The summed E-state index contributed by atoms with van der Waals surface area (Å²) in [4.78, 5) is 0. The molecule has 0 saturated heterocycles. The van der Waals surface area contributed by atoms with Crippen molar-refractivity contribution >= 4 is 17.1 Å². The van der Waals surface area contributed by atoms with Gasteiger partial charge in [0.1, 0.15) is 5.52 Å². The van der Waals surface area contributed by atoms with Crippen molar-refractivity contribution in [2.45, 2.75) is 64.8 Å². The van der Waals surface area contributed by atoms with Crippen LogP contribution in [-0.4, -0.2) is 15.0 Å². The number of allylic oxidation sites excluding steroid dienone is 1. The van der Waals surface area contributed by atoms with Crippen molar-refractivity contribution in [1.82, 2.24) is 15.0 Å². The lowest BCUT2D eigenvalue weighted by Crippen LogP contribution is -2.33. The van der Waals surface area contributed by atoms with Crippen molar-refractivity contribution in [3.63, 3.8) is 0 Å². The van der Waals surface area contributed by atoms with Crippen molar-refractivity contribution in [2.24, 2.45) is 0 Å². The van der Waals surface area contributed by atoms with E-state index in [2.05, 4.69) is 84.3 Å². The fourth-order valence-electron chi connectivity index (χ4n) is 3.67. The molecule has 0 aliphatic heterocycles. The highest BCUT2D eigenvalue weighted by Gasteiger charge is 2.31. The standard InChI is InChI=1S/C24H31N3/c1-4-6-17-24(18-7-5-2,19-16-21-14-12-20(3)13-15-21)27-23-11-9-8-10-22(23)25-26-27/h8-16,19H,4-7,17-18H2,1-3H3. The molecule has 3 nitrogen and oxygen atoms in total. The van der Waals surface area contributed by atoms with E-state index >= 15 is 0 Å². The molecule has 0 aliphatic rings. The Hall–Kier alpha value is -2.42. The summed E-state index contributed by atoms with van der Waals surface area (Å²) >= 11 is 0. The molecule has 0 unspecified atom stereocenters. The molecule has 142 valence electrons. The molecule has 3 rings (SSSR count). The predicted molar refractivity (Wildman–Crippen MR) is 115 cm³/mol. The van der Waals surface area contributed by atoms with E-state index in [0.29, 0.717) is 0 Å². The van der Waals surface area contributed by atoms with Crippen molar-refractivity contribution in [3.05, 3.63) is 65.7 Å². The zero-order chi connectivity index (χ0) is 19.1. The van der Waals surface area contributed by atoms with Gasteiger partial charge in [-0.1, -0.05) is 98.9 Å². The smallest absolute Gasteiger partial charge is 0.113 e. The molecule has 3 aromatic rings. The number of aromatic nitrogens is 3. The Morgan fingerprint density at radius 2 is 1.59 bits per heavy atom. The van der Waals surface area contributed by atoms with Crippen LogP contribution in [0.2, 0.25) is 0 Å². The molecule has 3 heteroatoms. The number of hydrogen-bond acceptors (Lipinski definition) is 2. The van der Waals surface area contributed by atoms with Crippen LogP contribution in [0.4, 0.5) is 0 Å². The van der Waals surface area contributed by atoms with Gasteiger partial charge in [0.05, 0.1) is 11.1 Å². The molecule has 0 N–H and O–H groups in total. The minimum Gasteiger partial charge on any atom is -0.235 e. The average molecular weight is 362 g/mol. The Bertz CT molecular complexity index is 866. The molecule has 0 atom stereocenters. The van der Waals surface area contributed by atoms with E-state index in [9.17, 15) is 0 Å². The lowest BCUT2D eigenvalue weighted by molar-refractivity contribution is 0.276. The number of rotatable bonds is 9. The quantitative estimate of drug-likeness (QED) is 0.434. The third kappa shape index (κ3) is 4.47. The van der Waals surface area contributed by atoms with Gasteiger partial charge in [-0.15, -0.1) is 5.10 Å². The summed E-state index contributed by atoms with van der Waals surface area (Å²) in [6, 6.07) is 17.0. The van der Waals surface area contributed by atoms with Crippen molar-refractivity contribution < 1.29 is 0 Å². The van der Waals surface area contributed by atoms with Gasteiger partial charge < -0.3 is 0 Å². The lowest BCUT2D eigenvalue weighted by Gasteiger charge is -2.32. The normalized spacial score (nSPS) is 12.3. The summed E-state index contributed by atoms with van der Waals surface area (Å²) in [5, 5.41) is 9.06. The highest BCUT2D eigenvalue weighted by molar-refractivity contribution is 5.74. The van der Waals surface area contributed by atoms with Crippen LogP contribution < -0.4 is 0 Å². The summed E-state index contributed by atoms with van der Waals surface area (Å²) < 4.78 is 2.18. The zero-order valence-electron chi connectivity index (χ0n) is 16.9. The van der Waals surface area contributed by atoms with E-state index in [1.54, 1.807) is 0 Å². The third-order valence-electron chi connectivity index (χ3n) is 5.36. The molecule has 0 amide bonds. The molecule has 1 heterocycles. The topological polar surface area (TPSA) is 30.7 Å². The SMILES string of the molecule is CCCCC(C=Cc1ccc(C)cc1)(CCCC)n1nnc2ccccc21. The lowest BCUT2D eigenvalue weighted by atomic mass is 9.86. The first-order valence-electron chi connectivity index (χ1n) is 10.3. The Morgan fingerprint density at radius 3 is 2.26 bits per heavy atom. The van der Waals surface area contributed by atoms with Crippen molar-refractivity contribution in [1.29, 1.82) is 0 Å². The van der Waals surface area contributed by atoms with E-state index in [1.807, 2.05) is 12.1 Å². The fourth-order valence-corrected chi connectivity index (χ4v) is 3.67. The van der Waals surface area contributed by atoms with Gasteiger partial charge in [-0.2, -0.15) is 0 Å². The summed E-state index contributed by atoms with van der Waals surface area (Å²) in [5.74, 6) is 0. The molecule has 1 aromatic heterocycles. The van der Waals surface area contributed by atoms with Gasteiger partial charge in [0.25, 0.3) is 0 Å². The second-order valence-corrected chi connectivity index (χ2v) is 7.54. The minimum atomic E-state index is -0.132. The van der Waals surface area contributed by atoms with Crippen LogP contribution in [0, 0.1) is 6.92 Å². The fraction of sp³-hybridized carbons (Fsp3) is 0.417. The Kier molecular flexibility index (Phi) is 6.44. The highest BCUT2D eigenvalue weighted by Crippen LogP contribution is 2.34. The maximum absolute atomic E-state index is 4.62. The van der Waals surface area contributed by atoms with Crippen LogP contribution in [0.5, 0.6) is 0 Å². The van der Waals surface area contributed by atoms with Gasteiger partial charge >= 0.3 is 0 Å². The van der Waals surface area contributed by atoms with Crippen LogP contribution >= 0.6 is 0 Å². The first kappa shape index (κ1) is 19.3. The van der Waals surface area contributed by atoms with E-state index in [4.69, 9.17) is 0 Å². The summed E-state index contributed by atoms with van der Waals surface area (Å²) in [6.07, 6.45) is 11.5. The molecule has 0 bridgehead atoms. The molecule has 0 radical (unpaired) electrons. The molecule has 0 fully saturated rings. The van der Waals surface area contributed by atoms with Gasteiger partial charge in [-0.3, -0.25) is 0 Å². The number of hydrogen-bond donors (Lipinski definition) is 0. The maximum atomic E-state index is 4.62. The van der Waals surface area contributed by atoms with Crippen LogP contribution in [0.1, 0.15) is 63.5 Å². The number of aryl methyl sites for hydroxylation is 1. The van der Waals surface area contributed by atoms with Crippen LogP contribution in [-0.2, 0) is 5.54 Å². The first-order valence-corrected chi connectivity index (χ1v) is 10.3. The maximum Gasteiger partial charge on any atom is 0.113 e. The molecule has 0 spiro atoms. The Morgan fingerprint density at radius 1 is 0.926 bits per heavy atom. The Balaban J connectivity index is 2.06. The molecular formula is C24H31N3. The number of para-hydroxylation sites is 1. The molecule has 27 heavy (non-hydrogen) atoms. The number of benzene rings is 2. The van der Waals surface area contributed by atoms with Crippen LogP contribution in [0.3, 0.4) is 0 Å². The van der Waals surface area contributed by atoms with E-state index in [-0.39, 0.29) is 5.54 Å². The zero-order valence-corrected chi connectivity index (χ0v) is 16.9. The largest absolute Gasteiger partial charge is 0.235 e. The number of unbranched alkanes of at least 4 members (excludes halogenated alkanes) is 2. The molecule has 0 aliphatic carbocycles. The van der Waals surface area contributed by atoms with E-state index in [1.165, 1.54) is 36.8 Å². The highest BCUT2D eigenvalue weighted by atomic mass is 15.5. The number of nitrogens with zero attached hydrogens (tertiary/aromatic N) is 3. The van der Waals surface area contributed by atoms with E-state index in [0.717, 1.165) is 23.9 Å². The molecule has 2 aromatic carbocycles. The average Bonchev–Trinajstić information content (AvgIpc) is 3.14. The molecule has 0 saturated carbocycles. The van der Waals surface area contributed by atoms with Crippen molar-refractivity contribution in [2.75, 3.05) is 0 Å². The predicted octanol–water partition coefficient (Wildman–Crippen LogP) is 6.53. The van der Waals surface area contributed by atoms with Crippen LogP contribution in [0.15, 0.2) is 54.6 Å². The summed E-state index contributed by atoms with van der Waals surface area (Å²) in [5.41, 5.74) is 4.49. The summed E-state index contributed by atoms with van der Waals surface area (Å²) in [7, 11) is 0. The molecular weight excluding hydrogens is 330 g/mol. The minimum absolute atomic E-state index is 0.132. The van der Waals surface area contributed by atoms with E-state index < -0.39 is 0 Å². The summed E-state index contributed by atoms with van der Waals surface area (Å²) in [6.45, 7) is 6.64. The first-order chi connectivity index (χ1) is 13.2. The van der Waals surface area contributed by atoms with Crippen molar-refractivity contribution in [3.8, 4) is 0 Å².